The van der Waals surface area contributed by atoms with E-state index in [0.717, 1.165) is 38.5 Å². The summed E-state index contributed by atoms with van der Waals surface area (Å²) in [6, 6.07) is 0. The lowest BCUT2D eigenvalue weighted by Crippen LogP contribution is -2.14. The quantitative estimate of drug-likeness (QED) is 0.145. The standard InChI is InChI=1S/C23H42O6/c1-2-28-22(26)20-23(27)29-19-17-15-13-11-9-7-5-3-4-6-8-10-12-14-16-18-21(24)25/h2-20H2,1H3,(H,24,25). The molecule has 0 unspecified atom stereocenters. The predicted molar refractivity (Wildman–Crippen MR) is 114 cm³/mol. The van der Waals surface area contributed by atoms with Gasteiger partial charge in [-0.05, 0) is 19.8 Å². The second kappa shape index (κ2) is 21.1. The van der Waals surface area contributed by atoms with Crippen LogP contribution in [-0.2, 0) is 23.9 Å². The Balaban J connectivity index is 3.16. The summed E-state index contributed by atoms with van der Waals surface area (Å²) in [4.78, 5) is 32.9. The molecule has 0 heterocycles. The lowest BCUT2D eigenvalue weighted by molar-refractivity contribution is -0.154. The molecule has 0 radical (unpaired) electrons. The molecule has 0 aromatic rings. The fourth-order valence-corrected chi connectivity index (χ4v) is 3.24. The highest BCUT2D eigenvalue weighted by Gasteiger charge is 2.10. The van der Waals surface area contributed by atoms with Crippen molar-refractivity contribution >= 4 is 17.9 Å². The molecule has 0 saturated carbocycles. The first-order valence-electron chi connectivity index (χ1n) is 11.6. The Morgan fingerprint density at radius 3 is 1.38 bits per heavy atom. The first-order valence-corrected chi connectivity index (χ1v) is 11.6. The van der Waals surface area contributed by atoms with Gasteiger partial charge in [0, 0.05) is 6.42 Å². The average Bonchev–Trinajstić information content (AvgIpc) is 2.67. The Hall–Kier alpha value is -1.59. The number of aliphatic carboxylic acids is 1. The minimum Gasteiger partial charge on any atom is -0.481 e. The van der Waals surface area contributed by atoms with E-state index in [9.17, 15) is 14.4 Å². The number of carbonyl (C=O) groups excluding carboxylic acids is 2. The Kier molecular flexibility index (Phi) is 20.0. The van der Waals surface area contributed by atoms with Crippen LogP contribution >= 0.6 is 0 Å². The van der Waals surface area contributed by atoms with E-state index in [1.807, 2.05) is 0 Å². The summed E-state index contributed by atoms with van der Waals surface area (Å²) in [6.07, 6.45) is 17.7. The molecule has 0 aromatic heterocycles. The fourth-order valence-electron chi connectivity index (χ4n) is 3.24. The van der Waals surface area contributed by atoms with Crippen LogP contribution in [0.2, 0.25) is 0 Å². The molecule has 0 aliphatic heterocycles. The van der Waals surface area contributed by atoms with E-state index in [1.54, 1.807) is 6.92 Å². The van der Waals surface area contributed by atoms with Crippen molar-refractivity contribution in [3.05, 3.63) is 0 Å². The minimum atomic E-state index is -0.682. The molecule has 0 fully saturated rings. The molecular weight excluding hydrogens is 372 g/mol. The van der Waals surface area contributed by atoms with Crippen LogP contribution in [0.25, 0.3) is 0 Å². The van der Waals surface area contributed by atoms with Gasteiger partial charge in [-0.2, -0.15) is 0 Å². The molecule has 1 N–H and O–H groups in total. The van der Waals surface area contributed by atoms with Gasteiger partial charge in [0.05, 0.1) is 13.2 Å². The third-order valence-electron chi connectivity index (χ3n) is 4.89. The molecule has 0 aliphatic rings. The molecule has 0 rings (SSSR count). The zero-order valence-electron chi connectivity index (χ0n) is 18.4. The highest BCUT2D eigenvalue weighted by molar-refractivity contribution is 5.91. The zero-order valence-corrected chi connectivity index (χ0v) is 18.4. The number of esters is 2. The summed E-state index contributed by atoms with van der Waals surface area (Å²) in [7, 11) is 0. The molecule has 6 heteroatoms. The Morgan fingerprint density at radius 1 is 0.586 bits per heavy atom. The van der Waals surface area contributed by atoms with Crippen molar-refractivity contribution in [2.75, 3.05) is 13.2 Å². The van der Waals surface area contributed by atoms with Crippen LogP contribution in [0.4, 0.5) is 0 Å². The first kappa shape index (κ1) is 27.4. The van der Waals surface area contributed by atoms with Crippen molar-refractivity contribution in [1.82, 2.24) is 0 Å². The molecule has 0 aromatic carbocycles. The van der Waals surface area contributed by atoms with Crippen LogP contribution in [0.15, 0.2) is 0 Å². The SMILES string of the molecule is CCOC(=O)CC(=O)OCCCCCCCCCCCCCCCCCC(=O)O. The number of carbonyl (C=O) groups is 3. The number of rotatable bonds is 21. The van der Waals surface area contributed by atoms with Crippen molar-refractivity contribution in [1.29, 1.82) is 0 Å². The molecule has 170 valence electrons. The summed E-state index contributed by atoms with van der Waals surface area (Å²) >= 11 is 0. The zero-order chi connectivity index (χ0) is 21.6. The van der Waals surface area contributed by atoms with Gasteiger partial charge in [-0.3, -0.25) is 14.4 Å². The molecule has 0 atom stereocenters. The second-order valence-electron chi connectivity index (χ2n) is 7.65. The maximum Gasteiger partial charge on any atom is 0.317 e. The summed E-state index contributed by atoms with van der Waals surface area (Å²) in [5.41, 5.74) is 0. The van der Waals surface area contributed by atoms with Crippen LogP contribution in [0.3, 0.4) is 0 Å². The summed E-state index contributed by atoms with van der Waals surface area (Å²) in [5.74, 6) is -1.70. The van der Waals surface area contributed by atoms with E-state index in [4.69, 9.17) is 14.6 Å². The van der Waals surface area contributed by atoms with Crippen molar-refractivity contribution in [2.24, 2.45) is 0 Å². The Bertz CT molecular complexity index is 422. The summed E-state index contributed by atoms with van der Waals surface area (Å²) in [5, 5.41) is 8.57. The number of unbranched alkanes of at least 4 members (excludes halogenated alkanes) is 14. The normalized spacial score (nSPS) is 10.7. The summed E-state index contributed by atoms with van der Waals surface area (Å²) < 4.78 is 9.72. The number of carboxylic acid groups (broad SMARTS) is 1. The molecule has 0 amide bonds. The number of hydrogen-bond acceptors (Lipinski definition) is 5. The minimum absolute atomic E-state index is 0.281. The monoisotopic (exact) mass is 414 g/mol. The van der Waals surface area contributed by atoms with Gasteiger partial charge in [0.15, 0.2) is 0 Å². The van der Waals surface area contributed by atoms with Crippen molar-refractivity contribution in [3.63, 3.8) is 0 Å². The van der Waals surface area contributed by atoms with Crippen LogP contribution in [-0.4, -0.2) is 36.2 Å². The van der Waals surface area contributed by atoms with E-state index in [-0.39, 0.29) is 13.0 Å². The molecular formula is C23H42O6. The van der Waals surface area contributed by atoms with Crippen LogP contribution < -0.4 is 0 Å². The maximum atomic E-state index is 11.4. The van der Waals surface area contributed by atoms with Crippen molar-refractivity contribution < 1.29 is 29.0 Å². The topological polar surface area (TPSA) is 89.9 Å². The maximum absolute atomic E-state index is 11.4. The highest BCUT2D eigenvalue weighted by Crippen LogP contribution is 2.13. The molecule has 0 spiro atoms. The summed E-state index contributed by atoms with van der Waals surface area (Å²) in [6.45, 7) is 2.38. The van der Waals surface area contributed by atoms with E-state index in [2.05, 4.69) is 0 Å². The predicted octanol–water partition coefficient (Wildman–Crippen LogP) is 5.81. The van der Waals surface area contributed by atoms with Crippen molar-refractivity contribution in [3.8, 4) is 0 Å². The largest absolute Gasteiger partial charge is 0.481 e. The molecule has 0 aliphatic carbocycles. The number of carboxylic acids is 1. The Labute approximate surface area is 176 Å². The van der Waals surface area contributed by atoms with Gasteiger partial charge in [0.1, 0.15) is 6.42 Å². The molecule has 0 saturated heterocycles. The van der Waals surface area contributed by atoms with Gasteiger partial charge in [-0.25, -0.2) is 0 Å². The highest BCUT2D eigenvalue weighted by atomic mass is 16.6. The second-order valence-corrected chi connectivity index (χ2v) is 7.65. The van der Waals surface area contributed by atoms with Crippen LogP contribution in [0, 0.1) is 0 Å². The molecule has 29 heavy (non-hydrogen) atoms. The van der Waals surface area contributed by atoms with Crippen LogP contribution in [0.5, 0.6) is 0 Å². The lowest BCUT2D eigenvalue weighted by atomic mass is 10.0. The third-order valence-corrected chi connectivity index (χ3v) is 4.89. The van der Waals surface area contributed by atoms with E-state index >= 15 is 0 Å². The van der Waals surface area contributed by atoms with Gasteiger partial charge >= 0.3 is 17.9 Å². The van der Waals surface area contributed by atoms with Gasteiger partial charge < -0.3 is 14.6 Å². The number of ether oxygens (including phenoxy) is 2. The first-order chi connectivity index (χ1) is 14.1. The van der Waals surface area contributed by atoms with E-state index in [0.29, 0.717) is 13.0 Å². The molecule has 6 nitrogen and oxygen atoms in total. The number of hydrogen-bond donors (Lipinski definition) is 1. The van der Waals surface area contributed by atoms with Crippen molar-refractivity contribution in [2.45, 2.75) is 116 Å². The van der Waals surface area contributed by atoms with Gasteiger partial charge in [0.25, 0.3) is 0 Å². The smallest absolute Gasteiger partial charge is 0.317 e. The van der Waals surface area contributed by atoms with E-state index in [1.165, 1.54) is 57.8 Å². The fraction of sp³-hybridized carbons (Fsp3) is 0.870. The average molecular weight is 415 g/mol. The van der Waals surface area contributed by atoms with Gasteiger partial charge in [-0.1, -0.05) is 83.5 Å². The third kappa shape index (κ3) is 22.6. The van der Waals surface area contributed by atoms with E-state index < -0.39 is 17.9 Å². The van der Waals surface area contributed by atoms with Gasteiger partial charge in [-0.15, -0.1) is 0 Å². The lowest BCUT2D eigenvalue weighted by Gasteiger charge is -2.05. The Morgan fingerprint density at radius 2 is 0.966 bits per heavy atom. The van der Waals surface area contributed by atoms with Gasteiger partial charge in [0.2, 0.25) is 0 Å². The van der Waals surface area contributed by atoms with Crippen LogP contribution in [0.1, 0.15) is 116 Å². The molecule has 0 bridgehead atoms.